The minimum Gasteiger partial charge on any atom is -0.348 e. The standard InChI is InChI=1S/C16H19N3O4S/c1-3-15(20)19-8-11(9-19)16(21)17-13-10-24(22,23)18(2)14-7-5-4-6-12(13)14/h3-7,11,13H,1,8-10H2,2H3,(H,17,21). The molecule has 2 aliphatic heterocycles. The molecule has 7 nitrogen and oxygen atoms in total. The van der Waals surface area contributed by atoms with Crippen LogP contribution in [-0.4, -0.2) is 51.0 Å². The zero-order chi connectivity index (χ0) is 17.5. The summed E-state index contributed by atoms with van der Waals surface area (Å²) < 4.78 is 25.8. The van der Waals surface area contributed by atoms with Crippen molar-refractivity contribution in [2.24, 2.45) is 5.92 Å². The van der Waals surface area contributed by atoms with E-state index in [9.17, 15) is 18.0 Å². The highest BCUT2D eigenvalue weighted by Crippen LogP contribution is 2.34. The molecule has 1 atom stereocenters. The summed E-state index contributed by atoms with van der Waals surface area (Å²) in [7, 11) is -1.96. The lowest BCUT2D eigenvalue weighted by Crippen LogP contribution is -2.56. The van der Waals surface area contributed by atoms with Gasteiger partial charge in [0.15, 0.2) is 0 Å². The lowest BCUT2D eigenvalue weighted by atomic mass is 9.97. The predicted molar refractivity (Wildman–Crippen MR) is 89.8 cm³/mol. The van der Waals surface area contributed by atoms with E-state index in [4.69, 9.17) is 0 Å². The fourth-order valence-corrected chi connectivity index (χ4v) is 4.37. The number of likely N-dealkylation sites (tertiary alicyclic amines) is 1. The molecule has 128 valence electrons. The third kappa shape index (κ3) is 2.77. The maximum Gasteiger partial charge on any atom is 0.246 e. The van der Waals surface area contributed by atoms with E-state index >= 15 is 0 Å². The number of nitrogens with zero attached hydrogens (tertiary/aromatic N) is 2. The van der Waals surface area contributed by atoms with Crippen LogP contribution >= 0.6 is 0 Å². The van der Waals surface area contributed by atoms with E-state index in [2.05, 4.69) is 11.9 Å². The van der Waals surface area contributed by atoms with Gasteiger partial charge >= 0.3 is 0 Å². The highest BCUT2D eigenvalue weighted by Gasteiger charge is 2.39. The summed E-state index contributed by atoms with van der Waals surface area (Å²) in [6.07, 6.45) is 1.22. The van der Waals surface area contributed by atoms with E-state index in [-0.39, 0.29) is 23.5 Å². The van der Waals surface area contributed by atoms with Gasteiger partial charge in [0, 0.05) is 20.1 Å². The number of amides is 2. The van der Waals surface area contributed by atoms with Crippen molar-refractivity contribution < 1.29 is 18.0 Å². The Labute approximate surface area is 141 Å². The van der Waals surface area contributed by atoms with Gasteiger partial charge in [-0.05, 0) is 17.7 Å². The van der Waals surface area contributed by atoms with Crippen LogP contribution in [0.25, 0.3) is 0 Å². The number of fused-ring (bicyclic) bond motifs is 1. The number of hydrogen-bond acceptors (Lipinski definition) is 4. The van der Waals surface area contributed by atoms with E-state index in [1.165, 1.54) is 22.3 Å². The zero-order valence-electron chi connectivity index (χ0n) is 13.3. The average Bonchev–Trinajstić information content (AvgIpc) is 2.50. The molecule has 8 heteroatoms. The zero-order valence-corrected chi connectivity index (χ0v) is 14.1. The first-order valence-electron chi connectivity index (χ1n) is 7.60. The van der Waals surface area contributed by atoms with Crippen LogP contribution < -0.4 is 9.62 Å². The second-order valence-electron chi connectivity index (χ2n) is 6.01. The number of benzene rings is 1. The molecule has 2 aliphatic rings. The Morgan fingerprint density at radius 3 is 2.62 bits per heavy atom. The third-order valence-corrected chi connectivity index (χ3v) is 6.29. The first-order chi connectivity index (χ1) is 11.3. The summed E-state index contributed by atoms with van der Waals surface area (Å²) in [6, 6.07) is 6.54. The first kappa shape index (κ1) is 16.5. The Bertz CT molecular complexity index is 799. The van der Waals surface area contributed by atoms with Crippen molar-refractivity contribution in [1.82, 2.24) is 10.2 Å². The number of para-hydroxylation sites is 1. The average molecular weight is 349 g/mol. The fraction of sp³-hybridized carbons (Fsp3) is 0.375. The molecule has 2 heterocycles. The molecule has 0 saturated carbocycles. The molecule has 1 aromatic carbocycles. The Balaban J connectivity index is 1.74. The Kier molecular flexibility index (Phi) is 4.08. The van der Waals surface area contributed by atoms with E-state index in [0.717, 1.165) is 5.56 Å². The van der Waals surface area contributed by atoms with Gasteiger partial charge in [0.2, 0.25) is 21.8 Å². The smallest absolute Gasteiger partial charge is 0.246 e. The fourth-order valence-electron chi connectivity index (χ4n) is 2.99. The molecular weight excluding hydrogens is 330 g/mol. The number of hydrogen-bond donors (Lipinski definition) is 1. The van der Waals surface area contributed by atoms with E-state index < -0.39 is 16.1 Å². The number of anilines is 1. The van der Waals surface area contributed by atoms with Crippen LogP contribution in [0.4, 0.5) is 5.69 Å². The van der Waals surface area contributed by atoms with Crippen LogP contribution in [-0.2, 0) is 19.6 Å². The molecular formula is C16H19N3O4S. The molecule has 1 fully saturated rings. The SMILES string of the molecule is C=CC(=O)N1CC(C(=O)NC2CS(=O)(=O)N(C)c3ccccc32)C1. The van der Waals surface area contributed by atoms with Gasteiger partial charge in [-0.1, -0.05) is 24.8 Å². The van der Waals surface area contributed by atoms with Gasteiger partial charge < -0.3 is 10.2 Å². The van der Waals surface area contributed by atoms with Crippen molar-refractivity contribution >= 4 is 27.5 Å². The quantitative estimate of drug-likeness (QED) is 0.794. The molecule has 0 radical (unpaired) electrons. The van der Waals surface area contributed by atoms with Crippen molar-refractivity contribution in [3.63, 3.8) is 0 Å². The molecule has 0 aromatic heterocycles. The molecule has 24 heavy (non-hydrogen) atoms. The van der Waals surface area contributed by atoms with Gasteiger partial charge in [-0.3, -0.25) is 13.9 Å². The maximum atomic E-state index is 12.4. The Morgan fingerprint density at radius 1 is 1.29 bits per heavy atom. The summed E-state index contributed by atoms with van der Waals surface area (Å²) in [6.45, 7) is 4.07. The van der Waals surface area contributed by atoms with Crippen LogP contribution in [0.1, 0.15) is 11.6 Å². The third-order valence-electron chi connectivity index (χ3n) is 4.50. The van der Waals surface area contributed by atoms with E-state index in [1.807, 2.05) is 12.1 Å². The van der Waals surface area contributed by atoms with Crippen molar-refractivity contribution in [3.05, 3.63) is 42.5 Å². The molecule has 3 rings (SSSR count). The summed E-state index contributed by atoms with van der Waals surface area (Å²) >= 11 is 0. The normalized spacial score (nSPS) is 22.3. The summed E-state index contributed by atoms with van der Waals surface area (Å²) in [5.74, 6) is -0.925. The lowest BCUT2D eigenvalue weighted by Gasteiger charge is -2.39. The van der Waals surface area contributed by atoms with E-state index in [1.54, 1.807) is 12.1 Å². The molecule has 0 aliphatic carbocycles. The highest BCUT2D eigenvalue weighted by atomic mass is 32.2. The first-order valence-corrected chi connectivity index (χ1v) is 9.21. The molecule has 0 spiro atoms. The minimum atomic E-state index is -3.47. The molecule has 0 bridgehead atoms. The van der Waals surface area contributed by atoms with Crippen molar-refractivity contribution in [2.45, 2.75) is 6.04 Å². The van der Waals surface area contributed by atoms with Crippen molar-refractivity contribution in [1.29, 1.82) is 0 Å². The second-order valence-corrected chi connectivity index (χ2v) is 8.06. The summed E-state index contributed by atoms with van der Waals surface area (Å²) in [5.41, 5.74) is 1.35. The van der Waals surface area contributed by atoms with Crippen LogP contribution in [0.5, 0.6) is 0 Å². The van der Waals surface area contributed by atoms with Crippen LogP contribution in [0.3, 0.4) is 0 Å². The largest absolute Gasteiger partial charge is 0.348 e. The van der Waals surface area contributed by atoms with Gasteiger partial charge in [-0.25, -0.2) is 8.42 Å². The van der Waals surface area contributed by atoms with Gasteiger partial charge in [-0.2, -0.15) is 0 Å². The van der Waals surface area contributed by atoms with Gasteiger partial charge in [-0.15, -0.1) is 0 Å². The minimum absolute atomic E-state index is 0.172. The lowest BCUT2D eigenvalue weighted by molar-refractivity contribution is -0.139. The topological polar surface area (TPSA) is 86.8 Å². The molecule has 1 aromatic rings. The van der Waals surface area contributed by atoms with Gasteiger partial charge in [0.25, 0.3) is 0 Å². The van der Waals surface area contributed by atoms with Crippen molar-refractivity contribution in [3.8, 4) is 0 Å². The van der Waals surface area contributed by atoms with Crippen LogP contribution in [0.15, 0.2) is 36.9 Å². The highest BCUT2D eigenvalue weighted by molar-refractivity contribution is 7.92. The van der Waals surface area contributed by atoms with Crippen molar-refractivity contribution in [2.75, 3.05) is 30.2 Å². The predicted octanol–water partition coefficient (Wildman–Crippen LogP) is 0.268. The van der Waals surface area contributed by atoms with Gasteiger partial charge in [0.1, 0.15) is 0 Å². The monoisotopic (exact) mass is 349 g/mol. The van der Waals surface area contributed by atoms with Gasteiger partial charge in [0.05, 0.1) is 23.4 Å². The number of carbonyl (C=O) groups is 2. The Hall–Kier alpha value is -2.35. The molecule has 1 saturated heterocycles. The number of carbonyl (C=O) groups excluding carboxylic acids is 2. The summed E-state index contributed by atoms with van der Waals surface area (Å²) in [4.78, 5) is 25.3. The molecule has 1 N–H and O–H groups in total. The van der Waals surface area contributed by atoms with E-state index in [0.29, 0.717) is 18.8 Å². The molecule has 1 unspecified atom stereocenters. The second kappa shape index (κ2) is 5.94. The Morgan fingerprint density at radius 2 is 1.96 bits per heavy atom. The number of nitrogens with one attached hydrogen (secondary N) is 1. The number of sulfonamides is 1. The summed E-state index contributed by atoms with van der Waals surface area (Å²) in [5, 5.41) is 2.82. The van der Waals surface area contributed by atoms with Crippen LogP contribution in [0.2, 0.25) is 0 Å². The maximum absolute atomic E-state index is 12.4. The van der Waals surface area contributed by atoms with Crippen LogP contribution in [0, 0.1) is 5.92 Å². The number of rotatable bonds is 3. The molecule has 2 amide bonds.